The molecule has 0 amide bonds. The molecule has 4 heterocycles. The van der Waals surface area contributed by atoms with Gasteiger partial charge in [0.15, 0.2) is 0 Å². The Morgan fingerprint density at radius 1 is 0.600 bits per heavy atom. The van der Waals surface area contributed by atoms with Gasteiger partial charge in [-0.3, -0.25) is 0 Å². The zero-order valence-corrected chi connectivity index (χ0v) is 26.1. The second-order valence-corrected chi connectivity index (χ2v) is 12.1. The molecule has 0 saturated heterocycles. The fraction of sp³-hybridized carbons (Fsp3) is 0.282. The summed E-state index contributed by atoms with van der Waals surface area (Å²) in [5.41, 5.74) is 12.6. The topological polar surface area (TPSA) is 63.4 Å². The lowest BCUT2D eigenvalue weighted by atomic mass is 10.0. The Morgan fingerprint density at radius 3 is 1.64 bits per heavy atom. The molecule has 0 atom stereocenters. The Kier molecular flexibility index (Phi) is 8.80. The van der Waals surface area contributed by atoms with Gasteiger partial charge in [0.2, 0.25) is 0 Å². The van der Waals surface area contributed by atoms with Crippen LogP contribution in [0.4, 0.5) is 0 Å². The fourth-order valence-electron chi connectivity index (χ4n) is 6.88. The highest BCUT2D eigenvalue weighted by Crippen LogP contribution is 2.30. The molecular formula is C39H42N4O2. The molecule has 6 aromatic rings. The van der Waals surface area contributed by atoms with Crippen molar-refractivity contribution in [2.45, 2.75) is 39.1 Å². The van der Waals surface area contributed by atoms with E-state index < -0.39 is 0 Å². The molecule has 8 rings (SSSR count). The van der Waals surface area contributed by atoms with Gasteiger partial charge in [0.1, 0.15) is 0 Å². The number of benzene rings is 4. The molecule has 0 bridgehead atoms. The quantitative estimate of drug-likeness (QED) is 0.211. The Morgan fingerprint density at radius 2 is 1.11 bits per heavy atom. The molecule has 6 heteroatoms. The van der Waals surface area contributed by atoms with Crippen molar-refractivity contribution in [1.82, 2.24) is 19.8 Å². The molecule has 2 aromatic heterocycles. The van der Waals surface area contributed by atoms with Crippen LogP contribution >= 0.6 is 0 Å². The van der Waals surface area contributed by atoms with Crippen molar-refractivity contribution in [3.63, 3.8) is 0 Å². The summed E-state index contributed by atoms with van der Waals surface area (Å²) < 4.78 is 10.1. The predicted molar refractivity (Wildman–Crippen MR) is 185 cm³/mol. The number of aliphatic hydroxyl groups excluding tert-OH is 1. The molecule has 2 aliphatic heterocycles. The summed E-state index contributed by atoms with van der Waals surface area (Å²) in [5, 5.41) is 18.9. The lowest BCUT2D eigenvalue weighted by molar-refractivity contribution is 0.185. The van der Waals surface area contributed by atoms with Gasteiger partial charge in [-0.2, -0.15) is 0 Å². The first-order valence-electron chi connectivity index (χ1n) is 16.1. The molecule has 0 saturated carbocycles. The highest BCUT2D eigenvalue weighted by Gasteiger charge is 2.14. The van der Waals surface area contributed by atoms with Crippen LogP contribution in [-0.2, 0) is 43.9 Å². The smallest absolute Gasteiger partial charge is 0.0713 e. The minimum absolute atomic E-state index is 0.0869. The molecule has 0 spiro atoms. The van der Waals surface area contributed by atoms with E-state index in [1.54, 1.807) is 7.11 Å². The first kappa shape index (κ1) is 29.5. The lowest BCUT2D eigenvalue weighted by Crippen LogP contribution is -2.17. The van der Waals surface area contributed by atoms with Crippen LogP contribution in [0.1, 0.15) is 22.5 Å². The molecule has 3 N–H and O–H groups in total. The number of aliphatic hydroxyl groups is 1. The number of hydrogen-bond donors (Lipinski definition) is 3. The average Bonchev–Trinajstić information content (AvgIpc) is 3.37. The van der Waals surface area contributed by atoms with Gasteiger partial charge in [-0.05, 0) is 81.9 Å². The largest absolute Gasteiger partial charge is 0.392 e. The molecule has 45 heavy (non-hydrogen) atoms. The third-order valence-corrected chi connectivity index (χ3v) is 9.13. The Bertz CT molecular complexity index is 1940. The van der Waals surface area contributed by atoms with Crippen molar-refractivity contribution in [1.29, 1.82) is 0 Å². The molecule has 230 valence electrons. The number of nitrogens with zero attached hydrogens (tertiary/aromatic N) is 2. The van der Waals surface area contributed by atoms with Gasteiger partial charge in [0, 0.05) is 92.4 Å². The van der Waals surface area contributed by atoms with Crippen molar-refractivity contribution in [2.75, 3.05) is 33.3 Å². The van der Waals surface area contributed by atoms with Gasteiger partial charge in [-0.25, -0.2) is 0 Å². The second kappa shape index (κ2) is 13.4. The van der Waals surface area contributed by atoms with E-state index in [9.17, 15) is 5.11 Å². The van der Waals surface area contributed by atoms with Crippen LogP contribution in [-0.4, -0.2) is 47.5 Å². The van der Waals surface area contributed by atoms with Crippen LogP contribution in [0.2, 0.25) is 0 Å². The molecule has 0 aliphatic carbocycles. The van der Waals surface area contributed by atoms with Gasteiger partial charge >= 0.3 is 0 Å². The van der Waals surface area contributed by atoms with Crippen LogP contribution in [0.3, 0.4) is 0 Å². The van der Waals surface area contributed by atoms with Gasteiger partial charge in [-0.1, -0.05) is 48.5 Å². The fourth-order valence-corrected chi connectivity index (χ4v) is 6.88. The monoisotopic (exact) mass is 598 g/mol. The first-order valence-corrected chi connectivity index (χ1v) is 16.1. The number of nitrogens with one attached hydrogen (secondary N) is 2. The number of hydrogen-bond acceptors (Lipinski definition) is 4. The summed E-state index contributed by atoms with van der Waals surface area (Å²) in [7, 11) is 1.74. The maximum atomic E-state index is 9.31. The van der Waals surface area contributed by atoms with E-state index in [0.29, 0.717) is 6.61 Å². The standard InChI is InChI=1S/C20H22N2O.C19H20N2O/c1-23-14-15-3-2-4-16(11-15)17-5-6-20-18(12-17)13-19-7-8-21-9-10-22(19)20;22-13-14-2-1-3-15(10-14)16-4-5-19-17(11-16)12-18-6-7-20-8-9-21(18)19/h2-6,11-13,21H,7-10,14H2,1H3;1-5,10-12,20,22H,6-9,13H2. The lowest BCUT2D eigenvalue weighted by Gasteiger charge is -2.08. The van der Waals surface area contributed by atoms with Crippen molar-refractivity contribution >= 4 is 21.8 Å². The number of ether oxygens (including phenoxy) is 1. The zero-order chi connectivity index (χ0) is 30.6. The summed E-state index contributed by atoms with van der Waals surface area (Å²) in [4.78, 5) is 0. The van der Waals surface area contributed by atoms with Gasteiger partial charge in [-0.15, -0.1) is 0 Å². The Balaban J connectivity index is 0.000000145. The van der Waals surface area contributed by atoms with Crippen molar-refractivity contribution < 1.29 is 9.84 Å². The van der Waals surface area contributed by atoms with Gasteiger partial charge in [0.05, 0.1) is 13.2 Å². The van der Waals surface area contributed by atoms with Crippen LogP contribution in [0.5, 0.6) is 0 Å². The van der Waals surface area contributed by atoms with Crippen LogP contribution in [0.25, 0.3) is 44.1 Å². The van der Waals surface area contributed by atoms with Crippen LogP contribution in [0.15, 0.2) is 97.1 Å². The Labute approximate surface area is 265 Å². The third kappa shape index (κ3) is 6.33. The van der Waals surface area contributed by atoms with Crippen molar-refractivity contribution in [3.8, 4) is 22.3 Å². The summed E-state index contributed by atoms with van der Waals surface area (Å²) in [5.74, 6) is 0. The summed E-state index contributed by atoms with van der Waals surface area (Å²) >= 11 is 0. The maximum absolute atomic E-state index is 9.31. The first-order chi connectivity index (χ1) is 22.2. The van der Waals surface area contributed by atoms with Gasteiger partial charge < -0.3 is 29.6 Å². The minimum Gasteiger partial charge on any atom is -0.392 e. The average molecular weight is 599 g/mol. The zero-order valence-electron chi connectivity index (χ0n) is 26.1. The molecule has 2 aliphatic rings. The summed E-state index contributed by atoms with van der Waals surface area (Å²) in [6.07, 6.45) is 2.19. The highest BCUT2D eigenvalue weighted by atomic mass is 16.5. The van der Waals surface area contributed by atoms with Crippen molar-refractivity contribution in [2.24, 2.45) is 0 Å². The molecule has 4 aromatic carbocycles. The highest BCUT2D eigenvalue weighted by molar-refractivity contribution is 5.88. The van der Waals surface area contributed by atoms with E-state index in [4.69, 9.17) is 4.74 Å². The molecular weight excluding hydrogens is 556 g/mol. The van der Waals surface area contributed by atoms with Crippen LogP contribution < -0.4 is 10.6 Å². The normalized spacial score (nSPS) is 14.7. The molecule has 6 nitrogen and oxygen atoms in total. The number of methoxy groups -OCH3 is 1. The summed E-state index contributed by atoms with van der Waals surface area (Å²) in [6, 6.07) is 34.9. The number of fused-ring (bicyclic) bond motifs is 6. The number of rotatable bonds is 5. The van der Waals surface area contributed by atoms with E-state index in [2.05, 4.69) is 105 Å². The van der Waals surface area contributed by atoms with Gasteiger partial charge in [0.25, 0.3) is 0 Å². The maximum Gasteiger partial charge on any atom is 0.0713 e. The van der Waals surface area contributed by atoms with E-state index in [-0.39, 0.29) is 6.61 Å². The predicted octanol–water partition coefficient (Wildman–Crippen LogP) is 6.55. The van der Waals surface area contributed by atoms with E-state index in [1.807, 2.05) is 12.1 Å². The minimum atomic E-state index is 0.0869. The third-order valence-electron chi connectivity index (χ3n) is 9.13. The SMILES string of the molecule is COCc1cccc(-c2ccc3c(c2)cc2n3CCNCC2)c1.OCc1cccc(-c2ccc3c(c2)cc2n3CCNCC2)c1. The second-order valence-electron chi connectivity index (χ2n) is 12.1. The number of aromatic nitrogens is 2. The van der Waals surface area contributed by atoms with Crippen molar-refractivity contribution in [3.05, 3.63) is 120 Å². The molecule has 0 radical (unpaired) electrons. The molecule has 0 fully saturated rings. The molecule has 0 unspecified atom stereocenters. The van der Waals surface area contributed by atoms with E-state index >= 15 is 0 Å². The summed E-state index contributed by atoms with van der Waals surface area (Å²) in [6.45, 7) is 7.06. The van der Waals surface area contributed by atoms with E-state index in [1.165, 1.54) is 55.4 Å². The van der Waals surface area contributed by atoms with Crippen LogP contribution in [0, 0.1) is 0 Å². The Hall–Kier alpha value is -4.20. The van der Waals surface area contributed by atoms with E-state index in [0.717, 1.165) is 63.2 Å².